The smallest absolute Gasteiger partial charge is 0.408 e. The number of aliphatic hydroxyl groups is 1. The second-order valence-corrected chi connectivity index (χ2v) is 13.6. The lowest BCUT2D eigenvalue weighted by Crippen LogP contribution is -2.53. The van der Waals surface area contributed by atoms with Crippen molar-refractivity contribution in [2.24, 2.45) is 22.1 Å². The van der Waals surface area contributed by atoms with E-state index in [-0.39, 0.29) is 29.6 Å². The number of H-pyrrole nitrogens is 1. The first-order valence-corrected chi connectivity index (χ1v) is 15.2. The minimum atomic E-state index is -2.09. The zero-order valence-corrected chi connectivity index (χ0v) is 26.8. The van der Waals surface area contributed by atoms with Crippen molar-refractivity contribution in [3.05, 3.63) is 23.5 Å². The fourth-order valence-electron chi connectivity index (χ4n) is 5.47. The van der Waals surface area contributed by atoms with Crippen molar-refractivity contribution in [2.75, 3.05) is 6.61 Å². The molecule has 2 aliphatic rings. The normalized spacial score (nSPS) is 25.1. The fourth-order valence-corrected chi connectivity index (χ4v) is 5.47. The number of amides is 1. The summed E-state index contributed by atoms with van der Waals surface area (Å²) >= 11 is 0. The minimum Gasteiger partial charge on any atom is -0.463 e. The largest absolute Gasteiger partial charge is 0.463 e. The van der Waals surface area contributed by atoms with Crippen LogP contribution in [0, 0.1) is 28.1 Å². The summed E-state index contributed by atoms with van der Waals surface area (Å²) in [4.78, 5) is 45.6. The maximum atomic E-state index is 13.6. The highest BCUT2D eigenvalue weighted by Gasteiger charge is 2.60. The number of aliphatic imine (C=N–C) groups is 1. The number of esters is 2. The van der Waals surface area contributed by atoms with E-state index in [1.165, 1.54) is 12.1 Å². The fraction of sp³-hybridized carbons (Fsp3) is 0.677. The van der Waals surface area contributed by atoms with Gasteiger partial charge in [0.2, 0.25) is 5.60 Å². The average Bonchev–Trinajstić information content (AvgIpc) is 3.54. The number of amidine groups is 1. The molecule has 14 heteroatoms. The van der Waals surface area contributed by atoms with Gasteiger partial charge in [0.1, 0.15) is 48.7 Å². The van der Waals surface area contributed by atoms with Gasteiger partial charge in [-0.2, -0.15) is 5.26 Å². The first kappa shape index (κ1) is 35.5. The minimum absolute atomic E-state index is 0.0470. The Hall–Kier alpha value is -3.96. The number of carbonyl (C=O) groups is 3. The topological polar surface area (TPSA) is 222 Å². The molecule has 0 aromatic carbocycles. The number of alkyl carbamates (subject to hydrolysis) is 1. The Labute approximate surface area is 263 Å². The molecule has 2 heterocycles. The molecule has 1 aliphatic heterocycles. The molecule has 1 aromatic heterocycles. The predicted molar refractivity (Wildman–Crippen MR) is 163 cm³/mol. The van der Waals surface area contributed by atoms with Gasteiger partial charge < -0.3 is 40.1 Å². The van der Waals surface area contributed by atoms with Crippen molar-refractivity contribution in [1.82, 2.24) is 10.3 Å². The van der Waals surface area contributed by atoms with E-state index in [0.29, 0.717) is 0 Å². The number of hydrogen-bond donors (Lipinski definition) is 5. The molecule has 1 aliphatic carbocycles. The van der Waals surface area contributed by atoms with Crippen molar-refractivity contribution in [2.45, 2.75) is 116 Å². The monoisotopic (exact) mass is 630 g/mol. The molecule has 2 fully saturated rings. The molecule has 0 spiro atoms. The molecule has 1 saturated heterocycles. The number of aliphatic hydroxyl groups excluding tert-OH is 1. The number of hydrogen-bond acceptors (Lipinski definition) is 10. The maximum absolute atomic E-state index is 13.6. The molecule has 1 amide bonds. The number of ether oxygens (including phenoxy) is 4. The van der Waals surface area contributed by atoms with Gasteiger partial charge in [-0.25, -0.2) is 14.6 Å². The summed E-state index contributed by atoms with van der Waals surface area (Å²) in [5, 5.41) is 31.6. The van der Waals surface area contributed by atoms with Crippen LogP contribution in [-0.2, 0) is 34.1 Å². The van der Waals surface area contributed by atoms with Crippen molar-refractivity contribution < 1.29 is 38.4 Å². The summed E-state index contributed by atoms with van der Waals surface area (Å²) in [6.45, 7) is 9.77. The summed E-state index contributed by atoms with van der Waals surface area (Å²) in [6.07, 6.45) is 0.754. The molecule has 0 unspecified atom stereocenters. The third-order valence-corrected chi connectivity index (χ3v) is 7.77. The molecule has 6 N–H and O–H groups in total. The lowest BCUT2D eigenvalue weighted by Gasteiger charge is -2.32. The summed E-state index contributed by atoms with van der Waals surface area (Å²) in [7, 11) is 0. The van der Waals surface area contributed by atoms with Crippen molar-refractivity contribution in [3.63, 3.8) is 0 Å². The Bertz CT molecular complexity index is 1300. The SMILES string of the molecule is CC(C)(C)OC(=O)N[C@H](C(=O)O[C@H]1[C@@H](O)[C@](C#N)(c2ccc(/C(N)=N\C=N)[nH]2)O[C@@H]1COC(=O)CC1CCCCC1)C(C)(C)C. The van der Waals surface area contributed by atoms with Gasteiger partial charge in [0.25, 0.3) is 0 Å². The Balaban J connectivity index is 1.90. The molecule has 5 atom stereocenters. The van der Waals surface area contributed by atoms with Crippen LogP contribution < -0.4 is 11.1 Å². The van der Waals surface area contributed by atoms with E-state index in [0.717, 1.165) is 38.4 Å². The van der Waals surface area contributed by atoms with Crippen molar-refractivity contribution >= 4 is 30.2 Å². The zero-order valence-electron chi connectivity index (χ0n) is 26.8. The third-order valence-electron chi connectivity index (χ3n) is 7.77. The van der Waals surface area contributed by atoms with E-state index in [4.69, 9.17) is 30.1 Å². The van der Waals surface area contributed by atoms with Crippen LogP contribution >= 0.6 is 0 Å². The van der Waals surface area contributed by atoms with Gasteiger partial charge in [0.05, 0.1) is 11.4 Å². The number of nitrogens with one attached hydrogen (secondary N) is 3. The van der Waals surface area contributed by atoms with Gasteiger partial charge in [0, 0.05) is 6.42 Å². The van der Waals surface area contributed by atoms with Gasteiger partial charge in [-0.05, 0) is 57.1 Å². The molecule has 3 rings (SSSR count). The Morgan fingerprint density at radius 2 is 1.91 bits per heavy atom. The van der Waals surface area contributed by atoms with Gasteiger partial charge in [-0.1, -0.05) is 40.0 Å². The van der Waals surface area contributed by atoms with Crippen LogP contribution in [0.25, 0.3) is 0 Å². The molecule has 1 aromatic rings. The molecule has 14 nitrogen and oxygen atoms in total. The Morgan fingerprint density at radius 3 is 2.49 bits per heavy atom. The average molecular weight is 631 g/mol. The molecule has 1 saturated carbocycles. The van der Waals surface area contributed by atoms with E-state index in [2.05, 4.69) is 15.3 Å². The third kappa shape index (κ3) is 9.04. The van der Waals surface area contributed by atoms with Crippen LogP contribution in [0.5, 0.6) is 0 Å². The molecular formula is C31H46N6O8. The van der Waals surface area contributed by atoms with Gasteiger partial charge in [0.15, 0.2) is 6.10 Å². The second kappa shape index (κ2) is 14.4. The molecule has 248 valence electrons. The van der Waals surface area contributed by atoms with Crippen LogP contribution in [0.4, 0.5) is 4.79 Å². The molecule has 45 heavy (non-hydrogen) atoms. The lowest BCUT2D eigenvalue weighted by atomic mass is 9.86. The highest BCUT2D eigenvalue weighted by molar-refractivity contribution is 5.99. The number of aromatic nitrogens is 1. The van der Waals surface area contributed by atoms with E-state index < -0.39 is 65.6 Å². The number of carbonyl (C=O) groups excluding carboxylic acids is 3. The van der Waals surface area contributed by atoms with Crippen molar-refractivity contribution in [1.29, 1.82) is 10.7 Å². The second-order valence-electron chi connectivity index (χ2n) is 13.6. The van der Waals surface area contributed by atoms with Gasteiger partial charge >= 0.3 is 18.0 Å². The quantitative estimate of drug-likeness (QED) is 0.110. The summed E-state index contributed by atoms with van der Waals surface area (Å²) in [6, 6.07) is 3.70. The maximum Gasteiger partial charge on any atom is 0.408 e. The van der Waals surface area contributed by atoms with E-state index in [1.807, 2.05) is 6.07 Å². The number of nitrogens with two attached hydrogens (primary N) is 1. The van der Waals surface area contributed by atoms with Gasteiger partial charge in [-0.3, -0.25) is 10.2 Å². The lowest BCUT2D eigenvalue weighted by molar-refractivity contribution is -0.164. The number of rotatable bonds is 10. The first-order chi connectivity index (χ1) is 21.0. The summed E-state index contributed by atoms with van der Waals surface area (Å²) in [5.41, 5.74) is 2.43. The Morgan fingerprint density at radius 1 is 1.24 bits per heavy atom. The number of nitrogens with zero attached hydrogens (tertiary/aromatic N) is 2. The molecule has 0 radical (unpaired) electrons. The molecular weight excluding hydrogens is 584 g/mol. The molecule has 0 bridgehead atoms. The van der Waals surface area contributed by atoms with Crippen LogP contribution in [-0.4, -0.2) is 76.9 Å². The van der Waals surface area contributed by atoms with E-state index >= 15 is 0 Å². The van der Waals surface area contributed by atoms with Crippen LogP contribution in [0.1, 0.15) is 91.5 Å². The van der Waals surface area contributed by atoms with Crippen LogP contribution in [0.3, 0.4) is 0 Å². The number of aromatic amines is 1. The highest BCUT2D eigenvalue weighted by Crippen LogP contribution is 2.41. The first-order valence-electron chi connectivity index (χ1n) is 15.2. The standard InChI is InChI=1S/C31H46N6O8/c1-29(2,3)24(37-28(41)45-30(4,5)6)27(40)43-23-20(15-42-22(38)14-18-10-8-7-9-11-18)44-31(16-32,25(23)39)21-13-12-19(36-21)26(34)35-17-33/h12-13,17-18,20,23-25,36,39H,7-11,14-15H2,1-6H3,(H,37,41)(H3,33,34,35)/t20-,23-,24-,25-,31+/m1/s1. The summed E-state index contributed by atoms with van der Waals surface area (Å²) in [5.74, 6) is -1.21. The van der Waals surface area contributed by atoms with E-state index in [1.54, 1.807) is 41.5 Å². The van der Waals surface area contributed by atoms with E-state index in [9.17, 15) is 24.8 Å². The van der Waals surface area contributed by atoms with Crippen molar-refractivity contribution in [3.8, 4) is 6.07 Å². The number of nitriles is 1. The van der Waals surface area contributed by atoms with Crippen LogP contribution in [0.2, 0.25) is 0 Å². The predicted octanol–water partition coefficient (Wildman–Crippen LogP) is 3.17. The summed E-state index contributed by atoms with van der Waals surface area (Å²) < 4.78 is 22.7. The zero-order chi connectivity index (χ0) is 33.6. The van der Waals surface area contributed by atoms with Gasteiger partial charge in [-0.15, -0.1) is 0 Å². The Kier molecular flexibility index (Phi) is 11.4. The highest BCUT2D eigenvalue weighted by atomic mass is 16.6. The van der Waals surface area contributed by atoms with Crippen LogP contribution in [0.15, 0.2) is 17.1 Å².